The van der Waals surface area contributed by atoms with Gasteiger partial charge in [0.2, 0.25) is 0 Å². The van der Waals surface area contributed by atoms with Crippen LogP contribution in [0.4, 0.5) is 4.39 Å². The summed E-state index contributed by atoms with van der Waals surface area (Å²) < 4.78 is 13.6. The number of carbonyl (C=O) groups is 1. The van der Waals surface area contributed by atoms with E-state index in [1.54, 1.807) is 23.9 Å². The molecular formula is C15H21FN2OS. The molecule has 1 aliphatic heterocycles. The standard InChI is InChI=1S/C15H21FN2OS/c1-17-9-13-4-3-7-18(13)15(19)11-5-6-14(16)12(8-11)10-20-2/h5-6,8,13,17H,3-4,7,9-10H2,1-2H3/t13-/m1/s1. The van der Waals surface area contributed by atoms with E-state index in [4.69, 9.17) is 0 Å². The lowest BCUT2D eigenvalue weighted by Crippen LogP contribution is -2.40. The maximum absolute atomic E-state index is 13.6. The quantitative estimate of drug-likeness (QED) is 0.906. The first-order valence-corrected chi connectivity index (χ1v) is 8.29. The summed E-state index contributed by atoms with van der Waals surface area (Å²) in [6.45, 7) is 1.60. The van der Waals surface area contributed by atoms with Gasteiger partial charge in [0.05, 0.1) is 0 Å². The highest BCUT2D eigenvalue weighted by atomic mass is 32.2. The van der Waals surface area contributed by atoms with Crippen molar-refractivity contribution >= 4 is 17.7 Å². The molecule has 0 aliphatic carbocycles. The van der Waals surface area contributed by atoms with Crippen molar-refractivity contribution in [2.75, 3.05) is 26.4 Å². The third-order valence-corrected chi connectivity index (χ3v) is 4.27. The van der Waals surface area contributed by atoms with Crippen LogP contribution in [0.5, 0.6) is 0 Å². The fraction of sp³-hybridized carbons (Fsp3) is 0.533. The molecule has 1 heterocycles. The molecule has 3 nitrogen and oxygen atoms in total. The average molecular weight is 296 g/mol. The molecule has 1 N–H and O–H groups in total. The Kier molecular flexibility index (Phi) is 5.43. The van der Waals surface area contributed by atoms with E-state index in [-0.39, 0.29) is 17.8 Å². The maximum atomic E-state index is 13.6. The molecule has 110 valence electrons. The van der Waals surface area contributed by atoms with Crippen LogP contribution < -0.4 is 5.32 Å². The van der Waals surface area contributed by atoms with Crippen LogP contribution in [0, 0.1) is 5.82 Å². The van der Waals surface area contributed by atoms with Crippen LogP contribution in [0.2, 0.25) is 0 Å². The average Bonchev–Trinajstić information content (AvgIpc) is 2.89. The lowest BCUT2D eigenvalue weighted by Gasteiger charge is -2.24. The van der Waals surface area contributed by atoms with Crippen LogP contribution in [0.3, 0.4) is 0 Å². The van der Waals surface area contributed by atoms with E-state index in [1.165, 1.54) is 6.07 Å². The van der Waals surface area contributed by atoms with Crippen molar-refractivity contribution in [1.82, 2.24) is 10.2 Å². The molecule has 0 saturated carbocycles. The number of halogens is 1. The molecular weight excluding hydrogens is 275 g/mol. The van der Waals surface area contributed by atoms with E-state index in [9.17, 15) is 9.18 Å². The Bertz CT molecular complexity index is 481. The molecule has 0 aromatic heterocycles. The molecule has 2 rings (SSSR count). The van der Waals surface area contributed by atoms with Crippen LogP contribution >= 0.6 is 11.8 Å². The van der Waals surface area contributed by atoms with Crippen molar-refractivity contribution in [3.05, 3.63) is 35.1 Å². The Morgan fingerprint density at radius 3 is 3.05 bits per heavy atom. The minimum absolute atomic E-state index is 0.0186. The summed E-state index contributed by atoms with van der Waals surface area (Å²) in [6.07, 6.45) is 4.00. The molecule has 1 saturated heterocycles. The van der Waals surface area contributed by atoms with Crippen LogP contribution in [-0.2, 0) is 5.75 Å². The van der Waals surface area contributed by atoms with Gasteiger partial charge in [0.1, 0.15) is 5.82 Å². The molecule has 1 aliphatic rings. The number of rotatable bonds is 5. The highest BCUT2D eigenvalue weighted by molar-refractivity contribution is 7.97. The number of likely N-dealkylation sites (tertiary alicyclic amines) is 1. The van der Waals surface area contributed by atoms with Crippen LogP contribution in [-0.4, -0.2) is 43.2 Å². The van der Waals surface area contributed by atoms with Crippen molar-refractivity contribution in [2.45, 2.75) is 24.6 Å². The second-order valence-corrected chi connectivity index (χ2v) is 5.96. The van der Waals surface area contributed by atoms with E-state index in [2.05, 4.69) is 5.32 Å². The SMILES string of the molecule is CNC[C@H]1CCCN1C(=O)c1ccc(F)c(CSC)c1. The summed E-state index contributed by atoms with van der Waals surface area (Å²) in [5.74, 6) is 0.376. The Morgan fingerprint density at radius 2 is 2.35 bits per heavy atom. The zero-order valence-electron chi connectivity index (χ0n) is 12.0. The van der Waals surface area contributed by atoms with Crippen molar-refractivity contribution < 1.29 is 9.18 Å². The van der Waals surface area contributed by atoms with Gasteiger partial charge in [-0.3, -0.25) is 4.79 Å². The van der Waals surface area contributed by atoms with Gasteiger partial charge in [-0.05, 0) is 49.9 Å². The zero-order chi connectivity index (χ0) is 14.5. The van der Waals surface area contributed by atoms with Crippen molar-refractivity contribution in [3.8, 4) is 0 Å². The monoisotopic (exact) mass is 296 g/mol. The number of likely N-dealkylation sites (N-methyl/N-ethyl adjacent to an activating group) is 1. The van der Waals surface area contributed by atoms with Crippen molar-refractivity contribution in [3.63, 3.8) is 0 Å². The molecule has 1 atom stereocenters. The summed E-state index contributed by atoms with van der Waals surface area (Å²) >= 11 is 1.56. The van der Waals surface area contributed by atoms with E-state index in [0.29, 0.717) is 16.9 Å². The number of benzene rings is 1. The topological polar surface area (TPSA) is 32.3 Å². The number of hydrogen-bond donors (Lipinski definition) is 1. The molecule has 0 unspecified atom stereocenters. The van der Waals surface area contributed by atoms with Gasteiger partial charge in [0.25, 0.3) is 5.91 Å². The second kappa shape index (κ2) is 7.09. The van der Waals surface area contributed by atoms with Gasteiger partial charge in [-0.2, -0.15) is 11.8 Å². The predicted octanol–water partition coefficient (Wildman–Crippen LogP) is 2.51. The first kappa shape index (κ1) is 15.3. The smallest absolute Gasteiger partial charge is 0.254 e. The van der Waals surface area contributed by atoms with Crippen molar-refractivity contribution in [2.24, 2.45) is 0 Å². The Labute approximate surface area is 123 Å². The largest absolute Gasteiger partial charge is 0.334 e. The van der Waals surface area contributed by atoms with Crippen LogP contribution in [0.25, 0.3) is 0 Å². The second-order valence-electron chi connectivity index (χ2n) is 5.09. The highest BCUT2D eigenvalue weighted by Gasteiger charge is 2.29. The minimum atomic E-state index is -0.232. The van der Waals surface area contributed by atoms with Gasteiger partial charge in [0, 0.05) is 30.4 Å². The summed E-state index contributed by atoms with van der Waals surface area (Å²) in [4.78, 5) is 14.5. The van der Waals surface area contributed by atoms with Gasteiger partial charge in [-0.1, -0.05) is 0 Å². The summed E-state index contributed by atoms with van der Waals surface area (Å²) in [7, 11) is 1.90. The van der Waals surface area contributed by atoms with Crippen LogP contribution in [0.15, 0.2) is 18.2 Å². The van der Waals surface area contributed by atoms with Gasteiger partial charge < -0.3 is 10.2 Å². The fourth-order valence-electron chi connectivity index (χ4n) is 2.69. The lowest BCUT2D eigenvalue weighted by atomic mass is 10.1. The fourth-order valence-corrected chi connectivity index (χ4v) is 3.22. The Morgan fingerprint density at radius 1 is 1.55 bits per heavy atom. The van der Waals surface area contributed by atoms with E-state index in [1.807, 2.05) is 18.2 Å². The van der Waals surface area contributed by atoms with Gasteiger partial charge >= 0.3 is 0 Å². The first-order chi connectivity index (χ1) is 9.67. The van der Waals surface area contributed by atoms with E-state index >= 15 is 0 Å². The lowest BCUT2D eigenvalue weighted by molar-refractivity contribution is 0.0737. The van der Waals surface area contributed by atoms with Gasteiger partial charge in [-0.15, -0.1) is 0 Å². The Balaban J connectivity index is 2.18. The van der Waals surface area contributed by atoms with Crippen molar-refractivity contribution in [1.29, 1.82) is 0 Å². The highest BCUT2D eigenvalue weighted by Crippen LogP contribution is 2.22. The third kappa shape index (κ3) is 3.33. The summed E-state index contributed by atoms with van der Waals surface area (Å²) in [5, 5.41) is 3.13. The molecule has 1 aromatic carbocycles. The Hall–Kier alpha value is -1.07. The van der Waals surface area contributed by atoms with Crippen LogP contribution in [0.1, 0.15) is 28.8 Å². The molecule has 1 fully saturated rings. The summed E-state index contributed by atoms with van der Waals surface area (Å²) in [5.41, 5.74) is 1.20. The molecule has 20 heavy (non-hydrogen) atoms. The maximum Gasteiger partial charge on any atom is 0.254 e. The molecule has 5 heteroatoms. The third-order valence-electron chi connectivity index (χ3n) is 3.67. The molecule has 0 bridgehead atoms. The van der Waals surface area contributed by atoms with Gasteiger partial charge in [0.15, 0.2) is 0 Å². The zero-order valence-corrected chi connectivity index (χ0v) is 12.8. The molecule has 1 amide bonds. The molecule has 1 aromatic rings. The number of carbonyl (C=O) groups excluding carboxylic acids is 1. The van der Waals surface area contributed by atoms with E-state index in [0.717, 1.165) is 25.9 Å². The van der Waals surface area contributed by atoms with Gasteiger partial charge in [-0.25, -0.2) is 4.39 Å². The normalized spacial score (nSPS) is 18.6. The predicted molar refractivity (Wildman–Crippen MR) is 81.6 cm³/mol. The number of hydrogen-bond acceptors (Lipinski definition) is 3. The minimum Gasteiger partial charge on any atom is -0.334 e. The number of amides is 1. The molecule has 0 radical (unpaired) electrons. The van der Waals surface area contributed by atoms with E-state index < -0.39 is 0 Å². The number of thioether (sulfide) groups is 1. The first-order valence-electron chi connectivity index (χ1n) is 6.90. The number of nitrogens with zero attached hydrogens (tertiary/aromatic N) is 1. The number of nitrogens with one attached hydrogen (secondary N) is 1. The summed E-state index contributed by atoms with van der Waals surface area (Å²) in [6, 6.07) is 4.95. The molecule has 0 spiro atoms.